The third-order valence-corrected chi connectivity index (χ3v) is 2.89. The van der Waals surface area contributed by atoms with Gasteiger partial charge < -0.3 is 5.32 Å². The molecular formula is C13H11F3N4O2. The Balaban J connectivity index is 2.26. The Labute approximate surface area is 123 Å². The molecule has 0 aliphatic carbocycles. The molecule has 2 rings (SSSR count). The number of halogens is 3. The highest BCUT2D eigenvalue weighted by Crippen LogP contribution is 2.29. The number of para-hydroxylation sites is 1. The fourth-order valence-corrected chi connectivity index (χ4v) is 1.88. The molecule has 0 saturated heterocycles. The number of anilines is 1. The quantitative estimate of drug-likeness (QED) is 0.689. The molecule has 1 atom stereocenters. The number of alkyl halides is 3. The van der Waals surface area contributed by atoms with E-state index in [1.807, 2.05) is 0 Å². The van der Waals surface area contributed by atoms with Gasteiger partial charge >= 0.3 is 6.18 Å². The van der Waals surface area contributed by atoms with Crippen molar-refractivity contribution in [3.05, 3.63) is 57.9 Å². The van der Waals surface area contributed by atoms with Crippen LogP contribution >= 0.6 is 0 Å². The molecular weight excluding hydrogens is 301 g/mol. The molecule has 0 bridgehead atoms. The first-order chi connectivity index (χ1) is 10.3. The summed E-state index contributed by atoms with van der Waals surface area (Å²) in [6.07, 6.45) is -3.61. The minimum atomic E-state index is -4.58. The fourth-order valence-electron chi connectivity index (χ4n) is 1.88. The van der Waals surface area contributed by atoms with Gasteiger partial charge in [0.25, 0.3) is 5.69 Å². The highest BCUT2D eigenvalue weighted by molar-refractivity contribution is 5.45. The lowest BCUT2D eigenvalue weighted by atomic mass is 10.1. The van der Waals surface area contributed by atoms with E-state index in [0.29, 0.717) is 5.56 Å². The molecule has 0 radical (unpaired) electrons. The average Bonchev–Trinajstić information content (AvgIpc) is 2.46. The zero-order valence-corrected chi connectivity index (χ0v) is 11.3. The van der Waals surface area contributed by atoms with E-state index in [4.69, 9.17) is 0 Å². The summed E-state index contributed by atoms with van der Waals surface area (Å²) < 4.78 is 37.8. The van der Waals surface area contributed by atoms with Gasteiger partial charge in [-0.1, -0.05) is 18.2 Å². The second-order valence-electron chi connectivity index (χ2n) is 4.45. The van der Waals surface area contributed by atoms with Crippen LogP contribution in [0.1, 0.15) is 24.2 Å². The molecule has 1 N–H and O–H groups in total. The Morgan fingerprint density at radius 3 is 2.59 bits per heavy atom. The minimum absolute atomic E-state index is 0.130. The molecule has 1 unspecified atom stereocenters. The fraction of sp³-hybridized carbons (Fsp3) is 0.231. The van der Waals surface area contributed by atoms with Crippen LogP contribution in [0.25, 0.3) is 0 Å². The number of nitro groups is 1. The monoisotopic (exact) mass is 312 g/mol. The predicted octanol–water partition coefficient (Wildman–Crippen LogP) is 3.58. The van der Waals surface area contributed by atoms with Gasteiger partial charge in [-0.2, -0.15) is 13.2 Å². The second kappa shape index (κ2) is 5.96. The first-order valence-electron chi connectivity index (χ1n) is 6.19. The van der Waals surface area contributed by atoms with Crippen LogP contribution in [0.5, 0.6) is 0 Å². The second-order valence-corrected chi connectivity index (χ2v) is 4.45. The first-order valence-corrected chi connectivity index (χ1v) is 6.19. The zero-order chi connectivity index (χ0) is 16.3. The zero-order valence-electron chi connectivity index (χ0n) is 11.3. The summed E-state index contributed by atoms with van der Waals surface area (Å²) in [4.78, 5) is 17.5. The first kappa shape index (κ1) is 15.7. The Kier molecular flexibility index (Phi) is 4.25. The summed E-state index contributed by atoms with van der Waals surface area (Å²) in [5.41, 5.74) is -0.886. The average molecular weight is 312 g/mol. The molecule has 0 saturated carbocycles. The van der Waals surface area contributed by atoms with Crippen LogP contribution < -0.4 is 5.32 Å². The maximum Gasteiger partial charge on any atom is 0.433 e. The van der Waals surface area contributed by atoms with E-state index in [2.05, 4.69) is 15.3 Å². The third kappa shape index (κ3) is 3.48. The summed E-state index contributed by atoms with van der Waals surface area (Å²) in [6, 6.07) is 6.07. The van der Waals surface area contributed by atoms with Crippen LogP contribution in [0.4, 0.5) is 24.8 Å². The maximum absolute atomic E-state index is 12.6. The van der Waals surface area contributed by atoms with Crippen molar-refractivity contribution < 1.29 is 18.1 Å². The van der Waals surface area contributed by atoms with Gasteiger partial charge in [-0.25, -0.2) is 9.97 Å². The molecule has 9 heteroatoms. The highest BCUT2D eigenvalue weighted by Gasteiger charge is 2.33. The van der Waals surface area contributed by atoms with E-state index in [1.54, 1.807) is 13.0 Å². The van der Waals surface area contributed by atoms with Gasteiger partial charge in [-0.05, 0) is 13.0 Å². The smallest absolute Gasteiger partial charge is 0.347 e. The van der Waals surface area contributed by atoms with Gasteiger partial charge in [0, 0.05) is 12.3 Å². The summed E-state index contributed by atoms with van der Waals surface area (Å²) in [5, 5.41) is 13.6. The number of hydrogen-bond donors (Lipinski definition) is 1. The molecule has 6 nitrogen and oxygen atoms in total. The third-order valence-electron chi connectivity index (χ3n) is 2.89. The van der Waals surface area contributed by atoms with Crippen molar-refractivity contribution in [1.82, 2.24) is 9.97 Å². The molecule has 0 fully saturated rings. The van der Waals surface area contributed by atoms with E-state index in [1.165, 1.54) is 18.2 Å². The molecule has 1 aromatic carbocycles. The van der Waals surface area contributed by atoms with Gasteiger partial charge in [0.05, 0.1) is 16.5 Å². The lowest BCUT2D eigenvalue weighted by Crippen LogP contribution is -2.14. The SMILES string of the molecule is CC(Nc1nccc(C(F)(F)F)n1)c1ccccc1[N+](=O)[O-]. The Bertz CT molecular complexity index is 691. The number of benzene rings is 1. The summed E-state index contributed by atoms with van der Waals surface area (Å²) >= 11 is 0. The van der Waals surface area contributed by atoms with Crippen molar-refractivity contribution in [3.8, 4) is 0 Å². The standard InChI is InChI=1S/C13H11F3N4O2/c1-8(9-4-2-3-5-10(9)20(21)22)18-12-17-7-6-11(19-12)13(14,15)16/h2-8H,1H3,(H,17,18,19). The van der Waals surface area contributed by atoms with Crippen LogP contribution in [-0.2, 0) is 6.18 Å². The molecule has 116 valence electrons. The normalized spacial score (nSPS) is 12.7. The molecule has 0 aliphatic heterocycles. The van der Waals surface area contributed by atoms with Crippen LogP contribution in [-0.4, -0.2) is 14.9 Å². The molecule has 2 aromatic rings. The molecule has 1 heterocycles. The van der Waals surface area contributed by atoms with E-state index in [9.17, 15) is 23.3 Å². The highest BCUT2D eigenvalue weighted by atomic mass is 19.4. The lowest BCUT2D eigenvalue weighted by Gasteiger charge is -2.15. The Morgan fingerprint density at radius 2 is 1.95 bits per heavy atom. The van der Waals surface area contributed by atoms with E-state index >= 15 is 0 Å². The summed E-state index contributed by atoms with van der Waals surface area (Å²) in [7, 11) is 0. The number of rotatable bonds is 4. The number of nitrogens with one attached hydrogen (secondary N) is 1. The topological polar surface area (TPSA) is 81.0 Å². The van der Waals surface area contributed by atoms with Crippen molar-refractivity contribution in [3.63, 3.8) is 0 Å². The summed E-state index contributed by atoms with van der Waals surface area (Å²) in [5.74, 6) is -0.250. The van der Waals surface area contributed by atoms with E-state index in [-0.39, 0.29) is 11.6 Å². The van der Waals surface area contributed by atoms with Crippen molar-refractivity contribution in [2.75, 3.05) is 5.32 Å². The van der Waals surface area contributed by atoms with Crippen molar-refractivity contribution in [2.24, 2.45) is 0 Å². The van der Waals surface area contributed by atoms with Gasteiger partial charge in [-0.3, -0.25) is 10.1 Å². The van der Waals surface area contributed by atoms with E-state index < -0.39 is 22.8 Å². The van der Waals surface area contributed by atoms with Gasteiger partial charge in [-0.15, -0.1) is 0 Å². The number of nitrogens with zero attached hydrogens (tertiary/aromatic N) is 3. The van der Waals surface area contributed by atoms with Crippen LogP contribution in [0.2, 0.25) is 0 Å². The van der Waals surface area contributed by atoms with Crippen LogP contribution in [0.15, 0.2) is 36.5 Å². The Hall–Kier alpha value is -2.71. The van der Waals surface area contributed by atoms with Gasteiger partial charge in [0.1, 0.15) is 5.69 Å². The van der Waals surface area contributed by atoms with Crippen molar-refractivity contribution in [2.45, 2.75) is 19.1 Å². The summed E-state index contributed by atoms with van der Waals surface area (Å²) in [6.45, 7) is 1.58. The predicted molar refractivity (Wildman–Crippen MR) is 72.2 cm³/mol. The molecule has 22 heavy (non-hydrogen) atoms. The maximum atomic E-state index is 12.6. The largest absolute Gasteiger partial charge is 0.433 e. The van der Waals surface area contributed by atoms with Crippen LogP contribution in [0.3, 0.4) is 0 Å². The van der Waals surface area contributed by atoms with Crippen LogP contribution in [0, 0.1) is 10.1 Å². The van der Waals surface area contributed by atoms with Gasteiger partial charge in [0.2, 0.25) is 5.95 Å². The molecule has 0 amide bonds. The number of hydrogen-bond acceptors (Lipinski definition) is 5. The minimum Gasteiger partial charge on any atom is -0.347 e. The van der Waals surface area contributed by atoms with E-state index in [0.717, 1.165) is 12.3 Å². The van der Waals surface area contributed by atoms with Crippen molar-refractivity contribution >= 4 is 11.6 Å². The number of aromatic nitrogens is 2. The molecule has 1 aromatic heterocycles. The van der Waals surface area contributed by atoms with Crippen molar-refractivity contribution in [1.29, 1.82) is 0 Å². The van der Waals surface area contributed by atoms with Gasteiger partial charge in [0.15, 0.2) is 0 Å². The molecule has 0 spiro atoms. The lowest BCUT2D eigenvalue weighted by molar-refractivity contribution is -0.385. The number of nitro benzene ring substituents is 1. The molecule has 0 aliphatic rings. The Morgan fingerprint density at radius 1 is 1.27 bits per heavy atom.